The Bertz CT molecular complexity index is 832. The molecule has 146 valence electrons. The molecule has 0 amide bonds. The van der Waals surface area contributed by atoms with Crippen LogP contribution in [0.5, 0.6) is 0 Å². The van der Waals surface area contributed by atoms with E-state index in [9.17, 15) is 8.42 Å². The first-order chi connectivity index (χ1) is 12.9. The molecule has 0 aliphatic carbocycles. The molecule has 5 nitrogen and oxygen atoms in total. The van der Waals surface area contributed by atoms with Gasteiger partial charge in [-0.3, -0.25) is 9.80 Å². The maximum absolute atomic E-state index is 12.6. The minimum atomic E-state index is -3.48. The molecule has 3 rings (SSSR count). The fourth-order valence-electron chi connectivity index (χ4n) is 3.58. The molecule has 0 radical (unpaired) electrons. The van der Waals surface area contributed by atoms with E-state index in [4.69, 9.17) is 0 Å². The quantitative estimate of drug-likeness (QED) is 0.793. The minimum absolute atomic E-state index is 0.129. The summed E-state index contributed by atoms with van der Waals surface area (Å²) >= 11 is 0. The standard InChI is InChI=1S/C21H29N3O2S/c1-18-8-6-7-11-21(18)27(25,26)22-19(2)16-23-12-14-24(15-13-23)17-20-9-4-3-5-10-20/h3-11,19,22H,12-17H2,1-2H3/t19-/m0/s1. The summed E-state index contributed by atoms with van der Waals surface area (Å²) < 4.78 is 28.1. The van der Waals surface area contributed by atoms with E-state index < -0.39 is 10.0 Å². The van der Waals surface area contributed by atoms with Crippen molar-refractivity contribution in [3.63, 3.8) is 0 Å². The summed E-state index contributed by atoms with van der Waals surface area (Å²) in [7, 11) is -3.48. The highest BCUT2D eigenvalue weighted by Gasteiger charge is 2.23. The van der Waals surface area contributed by atoms with Gasteiger partial charge in [-0.05, 0) is 31.0 Å². The second-order valence-electron chi connectivity index (χ2n) is 7.35. The van der Waals surface area contributed by atoms with E-state index in [0.717, 1.165) is 44.8 Å². The van der Waals surface area contributed by atoms with Crippen molar-refractivity contribution in [2.75, 3.05) is 32.7 Å². The predicted molar refractivity (Wildman–Crippen MR) is 109 cm³/mol. The zero-order chi connectivity index (χ0) is 19.3. The van der Waals surface area contributed by atoms with Gasteiger partial charge in [0.1, 0.15) is 0 Å². The number of hydrogen-bond acceptors (Lipinski definition) is 4. The lowest BCUT2D eigenvalue weighted by Crippen LogP contribution is -2.50. The molecule has 1 saturated heterocycles. The second kappa shape index (κ2) is 8.97. The van der Waals surface area contributed by atoms with Gasteiger partial charge in [-0.2, -0.15) is 0 Å². The third-order valence-corrected chi connectivity index (χ3v) is 6.74. The first-order valence-corrected chi connectivity index (χ1v) is 11.0. The van der Waals surface area contributed by atoms with E-state index >= 15 is 0 Å². The van der Waals surface area contributed by atoms with Crippen LogP contribution in [0.3, 0.4) is 0 Å². The molecule has 0 unspecified atom stereocenters. The Morgan fingerprint density at radius 2 is 1.52 bits per heavy atom. The second-order valence-corrected chi connectivity index (χ2v) is 9.03. The maximum Gasteiger partial charge on any atom is 0.241 e. The van der Waals surface area contributed by atoms with Crippen LogP contribution in [0.15, 0.2) is 59.5 Å². The van der Waals surface area contributed by atoms with Crippen LogP contribution >= 0.6 is 0 Å². The Morgan fingerprint density at radius 1 is 0.926 bits per heavy atom. The lowest BCUT2D eigenvalue weighted by Gasteiger charge is -2.36. The molecule has 1 atom stereocenters. The maximum atomic E-state index is 12.6. The highest BCUT2D eigenvalue weighted by Crippen LogP contribution is 2.15. The fourth-order valence-corrected chi connectivity index (χ4v) is 5.06. The van der Waals surface area contributed by atoms with E-state index in [0.29, 0.717) is 4.90 Å². The molecule has 6 heteroatoms. The molecule has 0 bridgehead atoms. The summed E-state index contributed by atoms with van der Waals surface area (Å²) in [5.74, 6) is 0. The summed E-state index contributed by atoms with van der Waals surface area (Å²) in [6.07, 6.45) is 0. The number of aryl methyl sites for hydroxylation is 1. The number of hydrogen-bond donors (Lipinski definition) is 1. The van der Waals surface area contributed by atoms with Crippen LogP contribution in [0.4, 0.5) is 0 Å². The van der Waals surface area contributed by atoms with Crippen LogP contribution in [0.2, 0.25) is 0 Å². The molecule has 1 aliphatic heterocycles. The normalized spacial score (nSPS) is 17.7. The molecule has 0 aromatic heterocycles. The highest BCUT2D eigenvalue weighted by atomic mass is 32.2. The smallest absolute Gasteiger partial charge is 0.241 e. The van der Waals surface area contributed by atoms with E-state index in [1.807, 2.05) is 32.0 Å². The Labute approximate surface area is 163 Å². The molecule has 0 saturated carbocycles. The molecular formula is C21H29N3O2S. The molecule has 1 heterocycles. The summed E-state index contributed by atoms with van der Waals surface area (Å²) in [6, 6.07) is 17.5. The third-order valence-electron chi connectivity index (χ3n) is 4.99. The van der Waals surface area contributed by atoms with Gasteiger partial charge in [0.05, 0.1) is 4.90 Å². The predicted octanol–water partition coefficient (Wildman–Crippen LogP) is 2.48. The van der Waals surface area contributed by atoms with Crippen LogP contribution in [-0.2, 0) is 16.6 Å². The average Bonchev–Trinajstić information content (AvgIpc) is 2.64. The molecule has 1 N–H and O–H groups in total. The number of nitrogens with zero attached hydrogens (tertiary/aromatic N) is 2. The SMILES string of the molecule is Cc1ccccc1S(=O)(=O)N[C@@H](C)CN1CCN(Cc2ccccc2)CC1. The molecule has 27 heavy (non-hydrogen) atoms. The summed E-state index contributed by atoms with van der Waals surface area (Å²) in [5.41, 5.74) is 2.11. The molecule has 2 aromatic carbocycles. The third kappa shape index (κ3) is 5.62. The van der Waals surface area contributed by atoms with Gasteiger partial charge in [0.2, 0.25) is 10.0 Å². The van der Waals surface area contributed by atoms with E-state index in [1.54, 1.807) is 12.1 Å². The van der Waals surface area contributed by atoms with Crippen molar-refractivity contribution in [2.45, 2.75) is 31.3 Å². The largest absolute Gasteiger partial charge is 0.299 e. The zero-order valence-corrected chi connectivity index (χ0v) is 17.0. The highest BCUT2D eigenvalue weighted by molar-refractivity contribution is 7.89. The Morgan fingerprint density at radius 3 is 2.19 bits per heavy atom. The van der Waals surface area contributed by atoms with Crippen LogP contribution < -0.4 is 4.72 Å². The molecule has 1 aliphatic rings. The van der Waals surface area contributed by atoms with Crippen LogP contribution in [0.1, 0.15) is 18.1 Å². The van der Waals surface area contributed by atoms with Crippen molar-refractivity contribution in [3.05, 3.63) is 65.7 Å². The van der Waals surface area contributed by atoms with Crippen molar-refractivity contribution in [3.8, 4) is 0 Å². The number of piperazine rings is 1. The summed E-state index contributed by atoms with van der Waals surface area (Å²) in [4.78, 5) is 5.16. The van der Waals surface area contributed by atoms with E-state index in [1.165, 1.54) is 5.56 Å². The van der Waals surface area contributed by atoms with Gasteiger partial charge in [0, 0.05) is 45.3 Å². The molecule has 0 spiro atoms. The topological polar surface area (TPSA) is 52.7 Å². The van der Waals surface area contributed by atoms with Crippen molar-refractivity contribution in [1.29, 1.82) is 0 Å². The van der Waals surface area contributed by atoms with E-state index in [-0.39, 0.29) is 6.04 Å². The van der Waals surface area contributed by atoms with Crippen molar-refractivity contribution in [1.82, 2.24) is 14.5 Å². The van der Waals surface area contributed by atoms with Crippen molar-refractivity contribution < 1.29 is 8.42 Å². The monoisotopic (exact) mass is 387 g/mol. The van der Waals surface area contributed by atoms with Crippen LogP contribution in [0, 0.1) is 6.92 Å². The number of benzene rings is 2. The Balaban J connectivity index is 1.48. The molecule has 1 fully saturated rings. The van der Waals surface area contributed by atoms with Crippen LogP contribution in [-0.4, -0.2) is 57.0 Å². The number of rotatable bonds is 7. The fraction of sp³-hybridized carbons (Fsp3) is 0.429. The number of nitrogens with one attached hydrogen (secondary N) is 1. The van der Waals surface area contributed by atoms with Gasteiger partial charge >= 0.3 is 0 Å². The van der Waals surface area contributed by atoms with Crippen LogP contribution in [0.25, 0.3) is 0 Å². The average molecular weight is 388 g/mol. The minimum Gasteiger partial charge on any atom is -0.299 e. The van der Waals surface area contributed by atoms with Crippen molar-refractivity contribution in [2.24, 2.45) is 0 Å². The Hall–Kier alpha value is -1.73. The summed E-state index contributed by atoms with van der Waals surface area (Å²) in [6.45, 7) is 9.40. The summed E-state index contributed by atoms with van der Waals surface area (Å²) in [5, 5.41) is 0. The first kappa shape index (κ1) is 20.0. The van der Waals surface area contributed by atoms with Gasteiger partial charge in [-0.25, -0.2) is 13.1 Å². The molecular weight excluding hydrogens is 358 g/mol. The van der Waals surface area contributed by atoms with Crippen molar-refractivity contribution >= 4 is 10.0 Å². The van der Waals surface area contributed by atoms with Gasteiger partial charge in [-0.1, -0.05) is 48.5 Å². The zero-order valence-electron chi connectivity index (χ0n) is 16.1. The van der Waals surface area contributed by atoms with E-state index in [2.05, 4.69) is 38.8 Å². The van der Waals surface area contributed by atoms with Gasteiger partial charge in [0.15, 0.2) is 0 Å². The van der Waals surface area contributed by atoms with Gasteiger partial charge in [-0.15, -0.1) is 0 Å². The van der Waals surface area contributed by atoms with Gasteiger partial charge < -0.3 is 0 Å². The molecule has 2 aromatic rings. The first-order valence-electron chi connectivity index (χ1n) is 9.50. The lowest BCUT2D eigenvalue weighted by molar-refractivity contribution is 0.122. The Kier molecular flexibility index (Phi) is 6.65. The lowest BCUT2D eigenvalue weighted by atomic mass is 10.2. The van der Waals surface area contributed by atoms with Gasteiger partial charge in [0.25, 0.3) is 0 Å². The number of sulfonamides is 1.